The normalized spacial score (nSPS) is 15.9. The van der Waals surface area contributed by atoms with Crippen molar-refractivity contribution in [2.75, 3.05) is 7.05 Å². The number of hydrogen-bond acceptors (Lipinski definition) is 2. The molecule has 0 aliphatic heterocycles. The van der Waals surface area contributed by atoms with E-state index in [-0.39, 0.29) is 0 Å². The topological polar surface area (TPSA) is 12.0 Å². The molecule has 17 heavy (non-hydrogen) atoms. The molecule has 0 fully saturated rings. The van der Waals surface area contributed by atoms with Gasteiger partial charge < -0.3 is 5.32 Å². The summed E-state index contributed by atoms with van der Waals surface area (Å²) in [4.78, 5) is 1.46. The first-order chi connectivity index (χ1) is 7.82. The zero-order chi connectivity index (χ0) is 13.1. The maximum Gasteiger partial charge on any atom is 0.0285 e. The third-order valence-corrected chi connectivity index (χ3v) is 5.31. The molecule has 1 aromatic rings. The minimum absolute atomic E-state index is 0.394. The minimum atomic E-state index is 0.394. The second-order valence-electron chi connectivity index (χ2n) is 5.92. The van der Waals surface area contributed by atoms with E-state index in [4.69, 9.17) is 0 Å². The lowest BCUT2D eigenvalue weighted by Crippen LogP contribution is -2.32. The zero-order valence-corrected chi connectivity index (χ0v) is 13.9. The van der Waals surface area contributed by atoms with Gasteiger partial charge in [0.05, 0.1) is 0 Å². The van der Waals surface area contributed by atoms with Crippen LogP contribution in [0.15, 0.2) is 15.9 Å². The highest BCUT2D eigenvalue weighted by Gasteiger charge is 2.23. The Morgan fingerprint density at radius 2 is 2.06 bits per heavy atom. The molecule has 2 unspecified atom stereocenters. The molecule has 1 heterocycles. The van der Waals surface area contributed by atoms with Gasteiger partial charge in [-0.05, 0) is 53.2 Å². The molecule has 3 heteroatoms. The van der Waals surface area contributed by atoms with Gasteiger partial charge in [-0.2, -0.15) is 0 Å². The van der Waals surface area contributed by atoms with Crippen LogP contribution in [0.25, 0.3) is 0 Å². The minimum Gasteiger partial charge on any atom is -0.317 e. The quantitative estimate of drug-likeness (QED) is 0.829. The Kier molecular flexibility index (Phi) is 5.68. The van der Waals surface area contributed by atoms with E-state index in [1.807, 2.05) is 11.3 Å². The Morgan fingerprint density at radius 3 is 2.47 bits per heavy atom. The first kappa shape index (κ1) is 15.2. The van der Waals surface area contributed by atoms with Gasteiger partial charge in [-0.25, -0.2) is 0 Å². The van der Waals surface area contributed by atoms with Gasteiger partial charge in [0.25, 0.3) is 0 Å². The van der Waals surface area contributed by atoms with Crippen LogP contribution in [0.5, 0.6) is 0 Å². The first-order valence-electron chi connectivity index (χ1n) is 6.23. The molecule has 1 aromatic heterocycles. The van der Waals surface area contributed by atoms with Gasteiger partial charge in [0.1, 0.15) is 0 Å². The summed E-state index contributed by atoms with van der Waals surface area (Å²) in [6.07, 6.45) is 2.36. The summed E-state index contributed by atoms with van der Waals surface area (Å²) in [7, 11) is 2.07. The summed E-state index contributed by atoms with van der Waals surface area (Å²) >= 11 is 5.36. The van der Waals surface area contributed by atoms with Crippen molar-refractivity contribution in [3.05, 3.63) is 20.8 Å². The lowest BCUT2D eigenvalue weighted by Gasteiger charge is -2.30. The van der Waals surface area contributed by atoms with Gasteiger partial charge in [0, 0.05) is 20.8 Å². The second kappa shape index (κ2) is 6.35. The van der Waals surface area contributed by atoms with Crippen molar-refractivity contribution in [3.8, 4) is 0 Å². The molecule has 0 radical (unpaired) electrons. The lowest BCUT2D eigenvalue weighted by atomic mass is 9.78. The largest absolute Gasteiger partial charge is 0.317 e. The van der Waals surface area contributed by atoms with Gasteiger partial charge in [-0.3, -0.25) is 0 Å². The Labute approximate surface area is 118 Å². The Balaban J connectivity index is 2.55. The summed E-state index contributed by atoms with van der Waals surface area (Å²) < 4.78 is 1.20. The van der Waals surface area contributed by atoms with E-state index in [1.165, 1.54) is 15.8 Å². The van der Waals surface area contributed by atoms with Crippen LogP contribution >= 0.6 is 27.3 Å². The third-order valence-electron chi connectivity index (χ3n) is 3.59. The number of rotatable bonds is 5. The summed E-state index contributed by atoms with van der Waals surface area (Å²) in [5, 5.41) is 5.62. The van der Waals surface area contributed by atoms with Crippen LogP contribution in [-0.2, 0) is 6.42 Å². The van der Waals surface area contributed by atoms with Crippen LogP contribution in [0.1, 0.15) is 39.0 Å². The fraction of sp³-hybridized carbons (Fsp3) is 0.714. The van der Waals surface area contributed by atoms with Gasteiger partial charge in [-0.1, -0.05) is 27.7 Å². The third kappa shape index (κ3) is 5.11. The molecule has 1 nitrogen and oxygen atoms in total. The molecular weight excluding hydrogens is 294 g/mol. The number of thiophene rings is 1. The van der Waals surface area contributed by atoms with Crippen LogP contribution in [0.2, 0.25) is 0 Å². The van der Waals surface area contributed by atoms with E-state index < -0.39 is 0 Å². The average Bonchev–Trinajstić information content (AvgIpc) is 2.61. The molecular formula is C14H24BrNS. The van der Waals surface area contributed by atoms with Gasteiger partial charge in [0.2, 0.25) is 0 Å². The maximum absolute atomic E-state index is 3.52. The molecule has 2 atom stereocenters. The molecule has 0 aliphatic rings. The predicted molar refractivity (Wildman–Crippen MR) is 81.8 cm³/mol. The van der Waals surface area contributed by atoms with E-state index in [0.29, 0.717) is 11.5 Å². The Morgan fingerprint density at radius 1 is 1.41 bits per heavy atom. The molecule has 98 valence electrons. The van der Waals surface area contributed by atoms with Crippen molar-refractivity contribution in [2.45, 2.75) is 46.6 Å². The van der Waals surface area contributed by atoms with Crippen LogP contribution in [0.3, 0.4) is 0 Å². The molecule has 1 rings (SSSR count). The lowest BCUT2D eigenvalue weighted by molar-refractivity contribution is 0.225. The summed E-state index contributed by atoms with van der Waals surface area (Å²) in [5.74, 6) is 0.725. The van der Waals surface area contributed by atoms with E-state index >= 15 is 0 Å². The monoisotopic (exact) mass is 317 g/mol. The van der Waals surface area contributed by atoms with Crippen LogP contribution in [0.4, 0.5) is 0 Å². The molecule has 0 saturated heterocycles. The van der Waals surface area contributed by atoms with Gasteiger partial charge >= 0.3 is 0 Å². The SMILES string of the molecule is CNC(Cc1cc(Br)cs1)CC(C)C(C)(C)C. The van der Waals surface area contributed by atoms with Crippen molar-refractivity contribution < 1.29 is 0 Å². The summed E-state index contributed by atoms with van der Waals surface area (Å²) in [5.41, 5.74) is 0.394. The van der Waals surface area contributed by atoms with Gasteiger partial charge in [0.15, 0.2) is 0 Å². The highest BCUT2D eigenvalue weighted by atomic mass is 79.9. The molecule has 0 aromatic carbocycles. The van der Waals surface area contributed by atoms with E-state index in [2.05, 4.69) is 67.4 Å². The van der Waals surface area contributed by atoms with Crippen molar-refractivity contribution in [3.63, 3.8) is 0 Å². The Hall–Kier alpha value is 0.140. The van der Waals surface area contributed by atoms with Gasteiger partial charge in [-0.15, -0.1) is 11.3 Å². The summed E-state index contributed by atoms with van der Waals surface area (Å²) in [6, 6.07) is 2.81. The number of nitrogens with one attached hydrogen (secondary N) is 1. The van der Waals surface area contributed by atoms with Crippen molar-refractivity contribution in [1.29, 1.82) is 0 Å². The fourth-order valence-electron chi connectivity index (χ4n) is 1.79. The summed E-state index contributed by atoms with van der Waals surface area (Å²) in [6.45, 7) is 9.33. The zero-order valence-electron chi connectivity index (χ0n) is 11.5. The van der Waals surface area contributed by atoms with E-state index in [9.17, 15) is 0 Å². The number of halogens is 1. The van der Waals surface area contributed by atoms with Crippen LogP contribution < -0.4 is 5.32 Å². The highest BCUT2D eigenvalue weighted by molar-refractivity contribution is 9.10. The van der Waals surface area contributed by atoms with Crippen LogP contribution in [-0.4, -0.2) is 13.1 Å². The average molecular weight is 318 g/mol. The second-order valence-corrected chi connectivity index (χ2v) is 7.84. The van der Waals surface area contributed by atoms with E-state index in [1.54, 1.807) is 0 Å². The molecule has 0 amide bonds. The smallest absolute Gasteiger partial charge is 0.0285 e. The molecule has 1 N–H and O–H groups in total. The Bertz CT molecular complexity index is 340. The fourth-order valence-corrected chi connectivity index (χ4v) is 3.32. The predicted octanol–water partition coefficient (Wildman–Crippen LogP) is 4.71. The standard InChI is InChI=1S/C14H24BrNS/c1-10(14(2,3)4)6-12(16-5)8-13-7-11(15)9-17-13/h7,9-10,12,16H,6,8H2,1-5H3. The van der Waals surface area contributed by atoms with E-state index in [0.717, 1.165) is 12.3 Å². The van der Waals surface area contributed by atoms with Crippen molar-refractivity contribution in [2.24, 2.45) is 11.3 Å². The molecule has 0 spiro atoms. The highest BCUT2D eigenvalue weighted by Crippen LogP contribution is 2.30. The molecule has 0 aliphatic carbocycles. The first-order valence-corrected chi connectivity index (χ1v) is 7.90. The molecule has 0 bridgehead atoms. The van der Waals surface area contributed by atoms with Crippen molar-refractivity contribution in [1.82, 2.24) is 5.32 Å². The molecule has 0 saturated carbocycles. The number of hydrogen-bond donors (Lipinski definition) is 1. The van der Waals surface area contributed by atoms with Crippen molar-refractivity contribution >= 4 is 27.3 Å². The number of likely N-dealkylation sites (N-methyl/N-ethyl adjacent to an activating group) is 1. The van der Waals surface area contributed by atoms with Crippen LogP contribution in [0, 0.1) is 11.3 Å². The maximum atomic E-state index is 3.52.